The van der Waals surface area contributed by atoms with Crippen LogP contribution in [0.25, 0.3) is 0 Å². The van der Waals surface area contributed by atoms with Crippen molar-refractivity contribution in [3.05, 3.63) is 60.7 Å². The van der Waals surface area contributed by atoms with Crippen LogP contribution in [-0.2, 0) is 20.3 Å². The number of para-hydroxylation sites is 1. The van der Waals surface area contributed by atoms with E-state index in [0.717, 1.165) is 37.4 Å². The van der Waals surface area contributed by atoms with Gasteiger partial charge >= 0.3 is 0 Å². The molecule has 2 rings (SSSR count). The molecule has 0 saturated carbocycles. The van der Waals surface area contributed by atoms with E-state index in [4.69, 9.17) is 4.74 Å². The first-order valence-corrected chi connectivity index (χ1v) is 11.1. The highest BCUT2D eigenvalue weighted by Gasteiger charge is 2.18. The third-order valence-corrected chi connectivity index (χ3v) is 4.61. The second-order valence-corrected chi connectivity index (χ2v) is 8.64. The summed E-state index contributed by atoms with van der Waals surface area (Å²) in [5, 5.41) is 3.30. The normalized spacial score (nSPS) is 14.6. The van der Waals surface area contributed by atoms with Crippen molar-refractivity contribution in [2.45, 2.75) is 12.7 Å². The average molecular weight is 406 g/mol. The first-order valence-electron chi connectivity index (χ1n) is 9.03. The van der Waals surface area contributed by atoms with Crippen molar-refractivity contribution in [3.8, 4) is 0 Å². The molecule has 0 unspecified atom stereocenters. The van der Waals surface area contributed by atoms with Gasteiger partial charge in [0.1, 0.15) is 0 Å². The summed E-state index contributed by atoms with van der Waals surface area (Å²) in [6.07, 6.45) is 8.07. The minimum atomic E-state index is -3.12. The van der Waals surface area contributed by atoms with Crippen molar-refractivity contribution in [1.29, 1.82) is 0 Å². The van der Waals surface area contributed by atoms with E-state index < -0.39 is 9.84 Å². The summed E-state index contributed by atoms with van der Waals surface area (Å²) in [5.74, 6) is -0.0245. The molecule has 1 saturated heterocycles. The fraction of sp³-hybridized carbons (Fsp3) is 0.381. The standard InChI is InChI=1S/C14H21N3O3S.C7H10/c1-20-11-16-14-12(10-21(2,18)19)4-3-5-13(14)17-8-6-15-7-9-17;1-4-5-6-7(2)3/h3-5,11,15H,6-10H2,1-2H3;4-6H,1-2H2,3H3/b;6-5-. The first kappa shape index (κ1) is 23.7. The Balaban J connectivity index is 0.000000480. The number of sulfone groups is 1. The highest BCUT2D eigenvalue weighted by Crippen LogP contribution is 2.33. The van der Waals surface area contributed by atoms with E-state index in [0.29, 0.717) is 11.3 Å². The first-order chi connectivity index (χ1) is 13.3. The Morgan fingerprint density at radius 3 is 2.54 bits per heavy atom. The minimum absolute atomic E-state index is 0.0245. The Hall–Kier alpha value is -2.38. The van der Waals surface area contributed by atoms with E-state index in [1.54, 1.807) is 12.1 Å². The molecule has 6 nitrogen and oxygen atoms in total. The monoisotopic (exact) mass is 405 g/mol. The van der Waals surface area contributed by atoms with Gasteiger partial charge in [-0.15, -0.1) is 0 Å². The van der Waals surface area contributed by atoms with Crippen LogP contribution in [0, 0.1) is 0 Å². The number of nitrogens with one attached hydrogen (secondary N) is 1. The van der Waals surface area contributed by atoms with Gasteiger partial charge in [0.15, 0.2) is 16.2 Å². The largest absolute Gasteiger partial charge is 0.486 e. The predicted molar refractivity (Wildman–Crippen MR) is 119 cm³/mol. The molecule has 0 aromatic heterocycles. The van der Waals surface area contributed by atoms with E-state index in [-0.39, 0.29) is 5.75 Å². The summed E-state index contributed by atoms with van der Waals surface area (Å²) >= 11 is 0. The van der Waals surface area contributed by atoms with Crippen molar-refractivity contribution >= 4 is 27.6 Å². The van der Waals surface area contributed by atoms with E-state index in [1.807, 2.05) is 31.2 Å². The van der Waals surface area contributed by atoms with Crippen LogP contribution >= 0.6 is 0 Å². The Kier molecular flexibility index (Phi) is 10.3. The summed E-state index contributed by atoms with van der Waals surface area (Å²) < 4.78 is 28.1. The van der Waals surface area contributed by atoms with E-state index in [1.165, 1.54) is 19.8 Å². The number of ether oxygens (including phenoxy) is 1. The fourth-order valence-electron chi connectivity index (χ4n) is 2.62. The van der Waals surface area contributed by atoms with E-state index >= 15 is 0 Å². The SMILES string of the molecule is C=C/C=C\C(=C)C.COC=Nc1c(CS(C)(=O)=O)cccc1N1CCNCC1. The Bertz CT molecular complexity index is 808. The Morgan fingerprint density at radius 2 is 2.04 bits per heavy atom. The molecule has 0 aliphatic carbocycles. The Labute approximate surface area is 169 Å². The molecule has 1 fully saturated rings. The lowest BCUT2D eigenvalue weighted by molar-refractivity contribution is 0.423. The van der Waals surface area contributed by atoms with Gasteiger partial charge in [0.2, 0.25) is 0 Å². The van der Waals surface area contributed by atoms with Gasteiger partial charge in [-0.2, -0.15) is 0 Å². The molecule has 0 atom stereocenters. The van der Waals surface area contributed by atoms with Crippen molar-refractivity contribution in [3.63, 3.8) is 0 Å². The lowest BCUT2D eigenvalue weighted by atomic mass is 10.1. The summed E-state index contributed by atoms with van der Waals surface area (Å²) in [5.41, 5.74) is 3.37. The van der Waals surface area contributed by atoms with Crippen LogP contribution in [0.4, 0.5) is 11.4 Å². The number of hydrogen-bond donors (Lipinski definition) is 1. The van der Waals surface area contributed by atoms with Crippen LogP contribution in [0.2, 0.25) is 0 Å². The number of aliphatic imine (C=N–C) groups is 1. The second-order valence-electron chi connectivity index (χ2n) is 6.50. The molecule has 0 radical (unpaired) electrons. The zero-order chi connectivity index (χ0) is 21.0. The molecular weight excluding hydrogens is 374 g/mol. The second kappa shape index (κ2) is 12.2. The minimum Gasteiger partial charge on any atom is -0.486 e. The zero-order valence-electron chi connectivity index (χ0n) is 17.0. The molecule has 1 aliphatic rings. The van der Waals surface area contributed by atoms with Crippen molar-refractivity contribution in [2.24, 2.45) is 4.99 Å². The maximum absolute atomic E-state index is 11.6. The van der Waals surface area contributed by atoms with Crippen LogP contribution in [0.1, 0.15) is 12.5 Å². The van der Waals surface area contributed by atoms with E-state index in [9.17, 15) is 8.42 Å². The molecule has 0 amide bonds. The fourth-order valence-corrected chi connectivity index (χ4v) is 3.42. The van der Waals surface area contributed by atoms with Crippen molar-refractivity contribution in [2.75, 3.05) is 44.4 Å². The van der Waals surface area contributed by atoms with Gasteiger partial charge in [-0.25, -0.2) is 13.4 Å². The maximum atomic E-state index is 11.6. The zero-order valence-corrected chi connectivity index (χ0v) is 17.8. The van der Waals surface area contributed by atoms with Crippen LogP contribution in [-0.4, -0.2) is 54.4 Å². The molecule has 0 bridgehead atoms. The third kappa shape index (κ3) is 9.01. The number of anilines is 1. The summed E-state index contributed by atoms with van der Waals surface area (Å²) in [7, 11) is -1.60. The molecule has 154 valence electrons. The lowest BCUT2D eigenvalue weighted by Crippen LogP contribution is -2.43. The Morgan fingerprint density at radius 1 is 1.36 bits per heavy atom. The van der Waals surface area contributed by atoms with Gasteiger partial charge in [0.25, 0.3) is 0 Å². The number of piperazine rings is 1. The van der Waals surface area contributed by atoms with Gasteiger partial charge in [0, 0.05) is 32.4 Å². The highest BCUT2D eigenvalue weighted by molar-refractivity contribution is 7.89. The molecule has 0 spiro atoms. The van der Waals surface area contributed by atoms with Gasteiger partial charge in [-0.1, -0.05) is 49.1 Å². The van der Waals surface area contributed by atoms with Crippen LogP contribution in [0.15, 0.2) is 60.2 Å². The topological polar surface area (TPSA) is 71.0 Å². The quantitative estimate of drug-likeness (QED) is 0.428. The number of nitrogens with zero attached hydrogens (tertiary/aromatic N) is 2. The maximum Gasteiger partial charge on any atom is 0.174 e. The van der Waals surface area contributed by atoms with Crippen LogP contribution < -0.4 is 10.2 Å². The average Bonchev–Trinajstić information content (AvgIpc) is 2.65. The summed E-state index contributed by atoms with van der Waals surface area (Å²) in [6, 6.07) is 5.65. The van der Waals surface area contributed by atoms with Crippen LogP contribution in [0.3, 0.4) is 0 Å². The summed E-state index contributed by atoms with van der Waals surface area (Å²) in [6.45, 7) is 12.7. The molecule has 28 heavy (non-hydrogen) atoms. The molecule has 1 aromatic carbocycles. The highest BCUT2D eigenvalue weighted by atomic mass is 32.2. The molecule has 1 aliphatic heterocycles. The third-order valence-electron chi connectivity index (χ3n) is 3.78. The number of rotatable bonds is 7. The summed E-state index contributed by atoms with van der Waals surface area (Å²) in [4.78, 5) is 6.52. The molecule has 1 N–H and O–H groups in total. The number of methoxy groups -OCH3 is 1. The predicted octanol–water partition coefficient (Wildman–Crippen LogP) is 3.25. The number of hydrogen-bond acceptors (Lipinski definition) is 6. The van der Waals surface area contributed by atoms with Crippen molar-refractivity contribution in [1.82, 2.24) is 5.32 Å². The number of benzene rings is 1. The molecule has 1 heterocycles. The van der Waals surface area contributed by atoms with E-state index in [2.05, 4.69) is 28.4 Å². The van der Waals surface area contributed by atoms with Gasteiger partial charge < -0.3 is 15.0 Å². The van der Waals surface area contributed by atoms with Gasteiger partial charge in [-0.05, 0) is 18.6 Å². The lowest BCUT2D eigenvalue weighted by Gasteiger charge is -2.30. The molecule has 1 aromatic rings. The molecular formula is C21H31N3O3S. The van der Waals surface area contributed by atoms with Crippen LogP contribution in [0.5, 0.6) is 0 Å². The smallest absolute Gasteiger partial charge is 0.174 e. The number of allylic oxidation sites excluding steroid dienone is 4. The van der Waals surface area contributed by atoms with Crippen molar-refractivity contribution < 1.29 is 13.2 Å². The molecule has 7 heteroatoms. The van der Waals surface area contributed by atoms with Gasteiger partial charge in [-0.3, -0.25) is 0 Å². The van der Waals surface area contributed by atoms with Gasteiger partial charge in [0.05, 0.1) is 24.2 Å².